The largest absolute Gasteiger partial charge is 0.290 e. The van der Waals surface area contributed by atoms with Crippen LogP contribution in [-0.4, -0.2) is 11.1 Å². The Morgan fingerprint density at radius 2 is 1.86 bits per heavy atom. The topological polar surface area (TPSA) is 46.2 Å². The molecule has 2 amide bonds. The van der Waals surface area contributed by atoms with E-state index in [9.17, 15) is 9.59 Å². The van der Waals surface area contributed by atoms with Crippen molar-refractivity contribution in [3.8, 4) is 22.8 Å². The van der Waals surface area contributed by atoms with Crippen molar-refractivity contribution in [2.75, 3.05) is 0 Å². The molecule has 0 saturated carbocycles. The van der Waals surface area contributed by atoms with E-state index in [0.29, 0.717) is 4.91 Å². The first kappa shape index (κ1) is 13.7. The van der Waals surface area contributed by atoms with Gasteiger partial charge in [-0.1, -0.05) is 18.1 Å². The van der Waals surface area contributed by atoms with Crippen molar-refractivity contribution in [3.05, 3.63) is 51.7 Å². The number of imide groups is 1. The first-order chi connectivity index (χ1) is 10.2. The van der Waals surface area contributed by atoms with Gasteiger partial charge >= 0.3 is 0 Å². The van der Waals surface area contributed by atoms with E-state index in [-0.39, 0.29) is 11.1 Å². The van der Waals surface area contributed by atoms with Crippen LogP contribution in [0.15, 0.2) is 41.3 Å². The Hall–Kier alpha value is -2.29. The van der Waals surface area contributed by atoms with Crippen LogP contribution in [0.25, 0.3) is 16.5 Å². The minimum atomic E-state index is -0.335. The molecule has 2 aromatic rings. The van der Waals surface area contributed by atoms with Crippen molar-refractivity contribution in [2.24, 2.45) is 0 Å². The minimum Gasteiger partial charge on any atom is -0.282 e. The van der Waals surface area contributed by atoms with Crippen LogP contribution >= 0.6 is 23.1 Å². The molecular formula is C16H9NO2S2. The number of thiophene rings is 1. The summed E-state index contributed by atoms with van der Waals surface area (Å²) in [5.74, 6) is 2.25. The molecule has 21 heavy (non-hydrogen) atoms. The van der Waals surface area contributed by atoms with E-state index in [4.69, 9.17) is 6.42 Å². The molecule has 0 unspecified atom stereocenters. The Balaban J connectivity index is 1.86. The van der Waals surface area contributed by atoms with Gasteiger partial charge in [0.1, 0.15) is 0 Å². The van der Waals surface area contributed by atoms with Gasteiger partial charge in [-0.2, -0.15) is 0 Å². The summed E-state index contributed by atoms with van der Waals surface area (Å²) in [5.41, 5.74) is 1.92. The highest BCUT2D eigenvalue weighted by Gasteiger charge is 2.25. The quantitative estimate of drug-likeness (QED) is 0.679. The summed E-state index contributed by atoms with van der Waals surface area (Å²) in [4.78, 5) is 25.1. The Bertz CT molecular complexity index is 794. The number of benzene rings is 1. The first-order valence-electron chi connectivity index (χ1n) is 6.07. The van der Waals surface area contributed by atoms with Crippen molar-refractivity contribution < 1.29 is 9.59 Å². The summed E-state index contributed by atoms with van der Waals surface area (Å²) in [5, 5.41) is 1.91. The van der Waals surface area contributed by atoms with Gasteiger partial charge in [0.05, 0.1) is 4.91 Å². The van der Waals surface area contributed by atoms with Gasteiger partial charge in [-0.05, 0) is 47.7 Å². The second kappa shape index (κ2) is 5.60. The number of rotatable bonds is 2. The van der Waals surface area contributed by atoms with Crippen LogP contribution in [0.1, 0.15) is 10.4 Å². The Labute approximate surface area is 130 Å². The summed E-state index contributed by atoms with van der Waals surface area (Å²) in [6.07, 6.45) is 7.07. The summed E-state index contributed by atoms with van der Waals surface area (Å²) in [6.45, 7) is 0. The van der Waals surface area contributed by atoms with Crippen LogP contribution in [0.3, 0.4) is 0 Å². The van der Waals surface area contributed by atoms with Gasteiger partial charge in [0.2, 0.25) is 0 Å². The van der Waals surface area contributed by atoms with Gasteiger partial charge in [0, 0.05) is 15.3 Å². The molecule has 1 fully saturated rings. The Kier molecular flexibility index (Phi) is 3.65. The number of carbonyl (C=O) groups is 2. The highest BCUT2D eigenvalue weighted by atomic mass is 32.2. The van der Waals surface area contributed by atoms with E-state index >= 15 is 0 Å². The normalized spacial score (nSPS) is 16.0. The van der Waals surface area contributed by atoms with Crippen LogP contribution in [-0.2, 0) is 4.79 Å². The molecule has 1 aromatic carbocycles. The zero-order chi connectivity index (χ0) is 14.8. The Morgan fingerprint density at radius 3 is 2.48 bits per heavy atom. The Morgan fingerprint density at radius 1 is 1.10 bits per heavy atom. The minimum absolute atomic E-state index is 0.326. The molecule has 0 bridgehead atoms. The average Bonchev–Trinajstić information content (AvgIpc) is 3.07. The zero-order valence-electron chi connectivity index (χ0n) is 10.8. The van der Waals surface area contributed by atoms with Crippen LogP contribution in [0.4, 0.5) is 4.79 Å². The van der Waals surface area contributed by atoms with E-state index < -0.39 is 0 Å². The molecule has 0 aliphatic carbocycles. The molecule has 1 saturated heterocycles. The molecule has 1 aromatic heterocycles. The maximum Gasteiger partial charge on any atom is 0.290 e. The van der Waals surface area contributed by atoms with Crippen LogP contribution < -0.4 is 5.32 Å². The van der Waals surface area contributed by atoms with Crippen molar-refractivity contribution in [2.45, 2.75) is 0 Å². The number of hydrogen-bond acceptors (Lipinski definition) is 4. The summed E-state index contributed by atoms with van der Waals surface area (Å²) in [7, 11) is 0. The monoisotopic (exact) mass is 311 g/mol. The molecule has 0 spiro atoms. The SMILES string of the molecule is C#Cc1ccc(-c2ccc(/C=C3/SC(=O)NC3=O)s2)cc1. The lowest BCUT2D eigenvalue weighted by atomic mass is 10.1. The second-order valence-corrected chi connectivity index (χ2v) is 6.41. The maximum atomic E-state index is 11.5. The summed E-state index contributed by atoms with van der Waals surface area (Å²) < 4.78 is 0. The van der Waals surface area contributed by atoms with E-state index in [1.54, 1.807) is 17.4 Å². The molecule has 1 N–H and O–H groups in total. The third-order valence-electron chi connectivity index (χ3n) is 2.88. The molecule has 2 heterocycles. The molecule has 1 aliphatic heterocycles. The predicted octanol–water partition coefficient (Wildman–Crippen LogP) is 3.72. The number of nitrogens with one attached hydrogen (secondary N) is 1. The first-order valence-corrected chi connectivity index (χ1v) is 7.71. The standard InChI is InChI=1S/C16H9NO2S2/c1-2-10-3-5-11(6-4-10)13-8-7-12(20-13)9-14-15(18)17-16(19)21-14/h1,3-9H,(H,17,18,19)/b14-9+. The highest BCUT2D eigenvalue weighted by Crippen LogP contribution is 2.32. The second-order valence-electron chi connectivity index (χ2n) is 4.28. The molecule has 5 heteroatoms. The van der Waals surface area contributed by atoms with Crippen molar-refractivity contribution in [1.82, 2.24) is 5.32 Å². The van der Waals surface area contributed by atoms with Gasteiger partial charge in [-0.3, -0.25) is 14.9 Å². The maximum absolute atomic E-state index is 11.5. The number of carbonyl (C=O) groups excluding carboxylic acids is 2. The van der Waals surface area contributed by atoms with Crippen molar-refractivity contribution >= 4 is 40.3 Å². The van der Waals surface area contributed by atoms with E-state index in [1.165, 1.54) is 0 Å². The fourth-order valence-electron chi connectivity index (χ4n) is 1.87. The number of hydrogen-bond donors (Lipinski definition) is 1. The fourth-order valence-corrected chi connectivity index (χ4v) is 3.57. The summed E-state index contributed by atoms with van der Waals surface area (Å²) >= 11 is 2.48. The van der Waals surface area contributed by atoms with Gasteiger partial charge < -0.3 is 0 Å². The molecule has 102 valence electrons. The van der Waals surface area contributed by atoms with Gasteiger partial charge in [-0.25, -0.2) is 0 Å². The van der Waals surface area contributed by atoms with E-state index in [2.05, 4.69) is 11.2 Å². The third kappa shape index (κ3) is 2.92. The fraction of sp³-hybridized carbons (Fsp3) is 0. The van der Waals surface area contributed by atoms with Crippen molar-refractivity contribution in [1.29, 1.82) is 0 Å². The number of amides is 2. The molecular weight excluding hydrogens is 302 g/mol. The average molecular weight is 311 g/mol. The molecule has 3 rings (SSSR count). The molecule has 0 atom stereocenters. The van der Waals surface area contributed by atoms with Crippen LogP contribution in [0.2, 0.25) is 0 Å². The predicted molar refractivity (Wildman–Crippen MR) is 86.8 cm³/mol. The number of thioether (sulfide) groups is 1. The number of terminal acetylenes is 1. The van der Waals surface area contributed by atoms with Crippen molar-refractivity contribution in [3.63, 3.8) is 0 Å². The lowest BCUT2D eigenvalue weighted by molar-refractivity contribution is -0.115. The van der Waals surface area contributed by atoms with Gasteiger partial charge in [0.25, 0.3) is 11.1 Å². The van der Waals surface area contributed by atoms with E-state index in [0.717, 1.165) is 32.6 Å². The van der Waals surface area contributed by atoms with Gasteiger partial charge in [-0.15, -0.1) is 17.8 Å². The smallest absolute Gasteiger partial charge is 0.282 e. The molecule has 1 aliphatic rings. The zero-order valence-corrected chi connectivity index (χ0v) is 12.4. The molecule has 0 radical (unpaired) electrons. The van der Waals surface area contributed by atoms with Crippen LogP contribution in [0.5, 0.6) is 0 Å². The lowest BCUT2D eigenvalue weighted by Crippen LogP contribution is -2.17. The third-order valence-corrected chi connectivity index (χ3v) is 4.77. The molecule has 3 nitrogen and oxygen atoms in total. The summed E-state index contributed by atoms with van der Waals surface area (Å²) in [6, 6.07) is 11.6. The van der Waals surface area contributed by atoms with E-state index in [1.807, 2.05) is 36.4 Å². The lowest BCUT2D eigenvalue weighted by Gasteiger charge is -1.97. The van der Waals surface area contributed by atoms with Crippen LogP contribution in [0, 0.1) is 12.3 Å². The highest BCUT2D eigenvalue weighted by molar-refractivity contribution is 8.18. The van der Waals surface area contributed by atoms with Gasteiger partial charge in [0.15, 0.2) is 0 Å².